The second-order valence-corrected chi connectivity index (χ2v) is 8.88. The van der Waals surface area contributed by atoms with Crippen molar-refractivity contribution in [2.75, 3.05) is 10.2 Å². The molecule has 0 radical (unpaired) electrons. The van der Waals surface area contributed by atoms with E-state index < -0.39 is 0 Å². The fourth-order valence-corrected chi connectivity index (χ4v) is 4.58. The number of nitrogens with one attached hydrogen (secondary N) is 1. The van der Waals surface area contributed by atoms with Crippen LogP contribution >= 0.6 is 34.7 Å². The zero-order valence-electron chi connectivity index (χ0n) is 14.4. The average molecular weight is 411 g/mol. The molecule has 1 saturated carbocycles. The van der Waals surface area contributed by atoms with Gasteiger partial charge in [-0.25, -0.2) is 0 Å². The van der Waals surface area contributed by atoms with Gasteiger partial charge in [0.2, 0.25) is 16.9 Å². The molecule has 1 aromatic heterocycles. The Hall–Kier alpha value is -1.64. The Morgan fingerprint density at radius 3 is 2.77 bits per heavy atom. The Labute approximate surface area is 165 Å². The van der Waals surface area contributed by atoms with E-state index in [1.54, 1.807) is 24.0 Å². The fourth-order valence-electron chi connectivity index (χ4n) is 2.32. The molecular formula is C17H19ClN4O2S2. The summed E-state index contributed by atoms with van der Waals surface area (Å²) in [5.41, 5.74) is 0.582. The number of aromatic nitrogens is 2. The average Bonchev–Trinajstić information content (AvgIpc) is 3.36. The summed E-state index contributed by atoms with van der Waals surface area (Å²) in [6, 6.07) is 7.35. The molecule has 0 saturated heterocycles. The number of nitrogens with zero attached hydrogens (tertiary/aromatic N) is 3. The molecular weight excluding hydrogens is 392 g/mol. The van der Waals surface area contributed by atoms with Crippen LogP contribution in [0, 0.1) is 0 Å². The number of rotatable bonds is 7. The Kier molecular flexibility index (Phi) is 6.16. The van der Waals surface area contributed by atoms with Crippen molar-refractivity contribution >= 4 is 57.3 Å². The number of thioether (sulfide) groups is 1. The molecule has 2 amide bonds. The number of carbonyl (C=O) groups excluding carboxylic acids is 2. The number of hydrogen-bond donors (Lipinski definition) is 1. The standard InChI is InChI=1S/C17H19ClN4O2S2/c1-3-14(23)22(11-8-9-11)16-20-21-17(26-16)25-10(2)15(24)19-13-7-5-4-6-12(13)18/h4-7,10-11H,3,8-9H2,1-2H3,(H,19,24). The molecule has 1 heterocycles. The van der Waals surface area contributed by atoms with Crippen molar-refractivity contribution < 1.29 is 9.59 Å². The fraction of sp³-hybridized carbons (Fsp3) is 0.412. The van der Waals surface area contributed by atoms with E-state index in [0.29, 0.717) is 26.6 Å². The van der Waals surface area contributed by atoms with Crippen molar-refractivity contribution in [3.63, 3.8) is 0 Å². The van der Waals surface area contributed by atoms with Crippen LogP contribution in [0.15, 0.2) is 28.6 Å². The molecule has 0 aliphatic heterocycles. The first-order chi connectivity index (χ1) is 12.5. The first-order valence-corrected chi connectivity index (χ1v) is 10.4. The van der Waals surface area contributed by atoms with Gasteiger partial charge in [-0.1, -0.05) is 53.8 Å². The van der Waals surface area contributed by atoms with E-state index in [-0.39, 0.29) is 23.1 Å². The van der Waals surface area contributed by atoms with Crippen LogP contribution in [-0.4, -0.2) is 33.3 Å². The number of benzene rings is 1. The minimum Gasteiger partial charge on any atom is -0.324 e. The molecule has 138 valence electrons. The molecule has 3 rings (SSSR count). The summed E-state index contributed by atoms with van der Waals surface area (Å²) < 4.78 is 0.663. The van der Waals surface area contributed by atoms with Crippen LogP contribution in [0.4, 0.5) is 10.8 Å². The molecule has 1 fully saturated rings. The largest absolute Gasteiger partial charge is 0.324 e. The lowest BCUT2D eigenvalue weighted by atomic mass is 10.3. The van der Waals surface area contributed by atoms with Gasteiger partial charge in [0.1, 0.15) is 0 Å². The van der Waals surface area contributed by atoms with Crippen molar-refractivity contribution in [1.82, 2.24) is 10.2 Å². The number of amides is 2. The minimum absolute atomic E-state index is 0.0599. The minimum atomic E-state index is -0.372. The molecule has 1 aromatic carbocycles. The van der Waals surface area contributed by atoms with Crippen LogP contribution in [-0.2, 0) is 9.59 Å². The van der Waals surface area contributed by atoms with Gasteiger partial charge in [-0.15, -0.1) is 10.2 Å². The summed E-state index contributed by atoms with van der Waals surface area (Å²) in [5.74, 6) is -0.103. The highest BCUT2D eigenvalue weighted by molar-refractivity contribution is 8.02. The summed E-state index contributed by atoms with van der Waals surface area (Å²) in [7, 11) is 0. The molecule has 1 aliphatic carbocycles. The summed E-state index contributed by atoms with van der Waals surface area (Å²) in [5, 5.41) is 11.8. The van der Waals surface area contributed by atoms with Crippen LogP contribution in [0.1, 0.15) is 33.1 Å². The Balaban J connectivity index is 1.63. The molecule has 26 heavy (non-hydrogen) atoms. The summed E-state index contributed by atoms with van der Waals surface area (Å²) >= 11 is 8.74. The molecule has 6 nitrogen and oxygen atoms in total. The van der Waals surface area contributed by atoms with E-state index in [1.807, 2.05) is 19.1 Å². The van der Waals surface area contributed by atoms with Gasteiger partial charge in [0.25, 0.3) is 0 Å². The quantitative estimate of drug-likeness (QED) is 0.546. The maximum atomic E-state index is 12.4. The van der Waals surface area contributed by atoms with Gasteiger partial charge >= 0.3 is 0 Å². The number of halogens is 1. The van der Waals surface area contributed by atoms with Gasteiger partial charge in [0, 0.05) is 12.5 Å². The zero-order chi connectivity index (χ0) is 18.7. The maximum absolute atomic E-state index is 12.4. The van der Waals surface area contributed by atoms with Crippen molar-refractivity contribution in [1.29, 1.82) is 0 Å². The number of anilines is 2. The predicted molar refractivity (Wildman–Crippen MR) is 106 cm³/mol. The third kappa shape index (κ3) is 4.55. The normalized spacial score (nSPS) is 14.7. The van der Waals surface area contributed by atoms with Gasteiger partial charge in [-0.05, 0) is 31.9 Å². The summed E-state index contributed by atoms with van der Waals surface area (Å²) in [4.78, 5) is 26.3. The van der Waals surface area contributed by atoms with E-state index in [2.05, 4.69) is 15.5 Å². The van der Waals surface area contributed by atoms with Crippen LogP contribution in [0.3, 0.4) is 0 Å². The van der Waals surface area contributed by atoms with Crippen molar-refractivity contribution in [3.8, 4) is 0 Å². The van der Waals surface area contributed by atoms with E-state index in [0.717, 1.165) is 12.8 Å². The Morgan fingerprint density at radius 2 is 2.12 bits per heavy atom. The highest BCUT2D eigenvalue weighted by Gasteiger charge is 2.35. The Bertz CT molecular complexity index is 810. The topological polar surface area (TPSA) is 75.2 Å². The first kappa shape index (κ1) is 19.1. The second kappa shape index (κ2) is 8.37. The number of carbonyl (C=O) groups is 2. The van der Waals surface area contributed by atoms with Gasteiger partial charge in [-0.2, -0.15) is 0 Å². The molecule has 0 bridgehead atoms. The molecule has 1 aliphatic rings. The predicted octanol–water partition coefficient (Wildman–Crippen LogP) is 4.22. The van der Waals surface area contributed by atoms with Crippen LogP contribution in [0.2, 0.25) is 5.02 Å². The molecule has 1 N–H and O–H groups in total. The third-order valence-electron chi connectivity index (χ3n) is 3.86. The number of para-hydroxylation sites is 1. The molecule has 1 atom stereocenters. The number of hydrogen-bond acceptors (Lipinski definition) is 6. The monoisotopic (exact) mass is 410 g/mol. The van der Waals surface area contributed by atoms with Gasteiger partial charge in [0.05, 0.1) is 16.0 Å². The highest BCUT2D eigenvalue weighted by Crippen LogP contribution is 2.37. The van der Waals surface area contributed by atoms with Gasteiger partial charge in [0.15, 0.2) is 4.34 Å². The molecule has 0 spiro atoms. The van der Waals surface area contributed by atoms with Gasteiger partial charge < -0.3 is 5.32 Å². The van der Waals surface area contributed by atoms with Crippen LogP contribution in [0.5, 0.6) is 0 Å². The third-order valence-corrected chi connectivity index (χ3v) is 6.30. The zero-order valence-corrected chi connectivity index (χ0v) is 16.8. The lowest BCUT2D eigenvalue weighted by Crippen LogP contribution is -2.32. The summed E-state index contributed by atoms with van der Waals surface area (Å²) in [6.45, 7) is 3.64. The van der Waals surface area contributed by atoms with Crippen LogP contribution < -0.4 is 10.2 Å². The first-order valence-electron chi connectivity index (χ1n) is 8.37. The molecule has 9 heteroatoms. The van der Waals surface area contributed by atoms with E-state index in [9.17, 15) is 9.59 Å². The summed E-state index contributed by atoms with van der Waals surface area (Å²) in [6.07, 6.45) is 2.45. The smallest absolute Gasteiger partial charge is 0.237 e. The van der Waals surface area contributed by atoms with Crippen molar-refractivity contribution in [3.05, 3.63) is 29.3 Å². The van der Waals surface area contributed by atoms with E-state index >= 15 is 0 Å². The van der Waals surface area contributed by atoms with Gasteiger partial charge in [-0.3, -0.25) is 14.5 Å². The van der Waals surface area contributed by atoms with E-state index in [4.69, 9.17) is 11.6 Å². The lowest BCUT2D eigenvalue weighted by molar-refractivity contribution is -0.118. The van der Waals surface area contributed by atoms with E-state index in [1.165, 1.54) is 23.1 Å². The highest BCUT2D eigenvalue weighted by atomic mass is 35.5. The van der Waals surface area contributed by atoms with Crippen molar-refractivity contribution in [2.24, 2.45) is 0 Å². The van der Waals surface area contributed by atoms with Crippen LogP contribution in [0.25, 0.3) is 0 Å². The maximum Gasteiger partial charge on any atom is 0.237 e. The van der Waals surface area contributed by atoms with Crippen molar-refractivity contribution in [2.45, 2.75) is 48.7 Å². The second-order valence-electron chi connectivity index (χ2n) is 5.93. The Morgan fingerprint density at radius 1 is 1.38 bits per heavy atom. The SMILES string of the molecule is CCC(=O)N(c1nnc(SC(C)C(=O)Nc2ccccc2Cl)s1)C1CC1. The lowest BCUT2D eigenvalue weighted by Gasteiger charge is -2.17. The molecule has 2 aromatic rings. The molecule has 1 unspecified atom stereocenters.